The minimum absolute atomic E-state index is 0.103. The lowest BCUT2D eigenvalue weighted by Gasteiger charge is -2.16. The first-order valence-electron chi connectivity index (χ1n) is 11.4. The average Bonchev–Trinajstić information content (AvgIpc) is 3.58. The van der Waals surface area contributed by atoms with Crippen molar-refractivity contribution in [2.45, 2.75) is 44.0 Å². The van der Waals surface area contributed by atoms with Gasteiger partial charge in [-0.15, -0.1) is 28.1 Å². The lowest BCUT2D eigenvalue weighted by atomic mass is 10.1. The summed E-state index contributed by atoms with van der Waals surface area (Å²) in [5.74, 6) is 1.49. The molecule has 0 saturated heterocycles. The van der Waals surface area contributed by atoms with Gasteiger partial charge in [0.1, 0.15) is 16.5 Å². The smallest absolute Gasteiger partial charge is 0.341 e. The summed E-state index contributed by atoms with van der Waals surface area (Å²) < 4.78 is 18.1. The average molecular weight is 529 g/mol. The lowest BCUT2D eigenvalue weighted by molar-refractivity contribution is -0.113. The maximum Gasteiger partial charge on any atom is 0.341 e. The van der Waals surface area contributed by atoms with Gasteiger partial charge >= 0.3 is 5.97 Å². The van der Waals surface area contributed by atoms with E-state index in [1.54, 1.807) is 13.2 Å². The molecule has 36 heavy (non-hydrogen) atoms. The molecular formula is C25H28N4O5S2. The number of fused-ring (bicyclic) bond motifs is 1. The van der Waals surface area contributed by atoms with Gasteiger partial charge in [-0.3, -0.25) is 9.36 Å². The molecule has 2 heterocycles. The van der Waals surface area contributed by atoms with Gasteiger partial charge in [0.2, 0.25) is 5.91 Å². The fourth-order valence-electron chi connectivity index (χ4n) is 4.02. The third-order valence-corrected chi connectivity index (χ3v) is 7.86. The molecule has 1 aliphatic rings. The molecular weight excluding hydrogens is 500 g/mol. The van der Waals surface area contributed by atoms with Crippen LogP contribution >= 0.6 is 23.1 Å². The van der Waals surface area contributed by atoms with Crippen molar-refractivity contribution >= 4 is 40.0 Å². The highest BCUT2D eigenvalue weighted by atomic mass is 32.2. The fourth-order valence-corrected chi connectivity index (χ4v) is 6.07. The molecule has 11 heteroatoms. The number of nitrogens with one attached hydrogen (secondary N) is 1. The van der Waals surface area contributed by atoms with E-state index in [0.29, 0.717) is 33.8 Å². The van der Waals surface area contributed by atoms with Crippen LogP contribution in [0.1, 0.15) is 46.1 Å². The van der Waals surface area contributed by atoms with Crippen LogP contribution in [0.5, 0.6) is 11.5 Å². The third-order valence-electron chi connectivity index (χ3n) is 5.69. The normalized spacial score (nSPS) is 13.1. The van der Waals surface area contributed by atoms with Crippen LogP contribution in [0.3, 0.4) is 0 Å². The highest BCUT2D eigenvalue weighted by molar-refractivity contribution is 7.99. The molecule has 2 aromatic heterocycles. The Morgan fingerprint density at radius 2 is 1.97 bits per heavy atom. The summed E-state index contributed by atoms with van der Waals surface area (Å²) in [5.41, 5.74) is 1.48. The SMILES string of the molecule is C=CCn1c(SCC(=O)Nc2sc3c(c2C(=O)OC)CCC3)nnc1C(C)Oc1ccc(OC)cc1. The van der Waals surface area contributed by atoms with E-state index < -0.39 is 5.97 Å². The molecule has 1 aromatic carbocycles. The van der Waals surface area contributed by atoms with E-state index in [4.69, 9.17) is 14.2 Å². The molecule has 1 atom stereocenters. The molecule has 4 rings (SSSR count). The highest BCUT2D eigenvalue weighted by Crippen LogP contribution is 2.39. The van der Waals surface area contributed by atoms with Crippen molar-refractivity contribution in [1.29, 1.82) is 0 Å². The predicted molar refractivity (Wildman–Crippen MR) is 139 cm³/mol. The molecule has 1 unspecified atom stereocenters. The number of aromatic nitrogens is 3. The quantitative estimate of drug-likeness (QED) is 0.217. The van der Waals surface area contributed by atoms with Gasteiger partial charge in [0, 0.05) is 11.4 Å². The molecule has 1 N–H and O–H groups in total. The Bertz CT molecular complexity index is 1250. The summed E-state index contributed by atoms with van der Waals surface area (Å²) in [4.78, 5) is 26.3. The maximum atomic E-state index is 12.8. The lowest BCUT2D eigenvalue weighted by Crippen LogP contribution is -2.17. The van der Waals surface area contributed by atoms with E-state index in [9.17, 15) is 9.59 Å². The van der Waals surface area contributed by atoms with Crippen molar-refractivity contribution in [2.24, 2.45) is 0 Å². The molecule has 1 amide bonds. The van der Waals surface area contributed by atoms with Crippen LogP contribution in [0.25, 0.3) is 0 Å². The number of nitrogens with zero attached hydrogens (tertiary/aromatic N) is 3. The van der Waals surface area contributed by atoms with Crippen molar-refractivity contribution in [3.63, 3.8) is 0 Å². The van der Waals surface area contributed by atoms with Crippen LogP contribution < -0.4 is 14.8 Å². The number of amides is 1. The van der Waals surface area contributed by atoms with E-state index in [1.165, 1.54) is 30.2 Å². The van der Waals surface area contributed by atoms with E-state index in [2.05, 4.69) is 22.1 Å². The monoisotopic (exact) mass is 528 g/mol. The number of benzene rings is 1. The molecule has 190 valence electrons. The molecule has 3 aromatic rings. The number of carbonyl (C=O) groups excluding carboxylic acids is 2. The first-order chi connectivity index (χ1) is 17.4. The Balaban J connectivity index is 1.43. The second kappa shape index (κ2) is 11.6. The van der Waals surface area contributed by atoms with Crippen LogP contribution in [0.15, 0.2) is 42.1 Å². The number of rotatable bonds is 11. The van der Waals surface area contributed by atoms with Crippen LogP contribution in [-0.4, -0.2) is 46.6 Å². The summed E-state index contributed by atoms with van der Waals surface area (Å²) in [6, 6.07) is 7.30. The molecule has 9 nitrogen and oxygen atoms in total. The number of hydrogen-bond acceptors (Lipinski definition) is 9. The maximum absolute atomic E-state index is 12.8. The minimum atomic E-state index is -0.418. The van der Waals surface area contributed by atoms with E-state index >= 15 is 0 Å². The number of thiophene rings is 1. The Hall–Kier alpha value is -3.31. The summed E-state index contributed by atoms with van der Waals surface area (Å²) in [6.07, 6.45) is 4.11. The van der Waals surface area contributed by atoms with Gasteiger partial charge in [-0.05, 0) is 56.0 Å². The standard InChI is InChI=1S/C25H28N4O5S2/c1-5-13-29-22(15(2)34-17-11-9-16(32-3)10-12-17)27-28-25(29)35-14-20(30)26-23-21(24(31)33-4)18-7-6-8-19(18)36-23/h5,9-12,15H,1,6-8,13-14H2,2-4H3,(H,26,30). The third kappa shape index (κ3) is 5.57. The summed E-state index contributed by atoms with van der Waals surface area (Å²) in [7, 11) is 2.96. The summed E-state index contributed by atoms with van der Waals surface area (Å²) in [6.45, 7) is 6.18. The van der Waals surface area contributed by atoms with Gasteiger partial charge in [0.25, 0.3) is 0 Å². The van der Waals surface area contributed by atoms with Crippen molar-refractivity contribution < 1.29 is 23.8 Å². The Morgan fingerprint density at radius 1 is 1.22 bits per heavy atom. The fraction of sp³-hybridized carbons (Fsp3) is 0.360. The number of hydrogen-bond donors (Lipinski definition) is 1. The number of ether oxygens (including phenoxy) is 3. The second-order valence-electron chi connectivity index (χ2n) is 8.07. The van der Waals surface area contributed by atoms with Crippen LogP contribution in [0.2, 0.25) is 0 Å². The van der Waals surface area contributed by atoms with E-state index in [-0.39, 0.29) is 17.8 Å². The Kier molecular flexibility index (Phi) is 8.32. The molecule has 0 spiro atoms. The van der Waals surface area contributed by atoms with Crippen molar-refractivity contribution in [1.82, 2.24) is 14.8 Å². The van der Waals surface area contributed by atoms with Crippen molar-refractivity contribution in [3.8, 4) is 11.5 Å². The zero-order chi connectivity index (χ0) is 25.7. The van der Waals surface area contributed by atoms with Crippen molar-refractivity contribution in [2.75, 3.05) is 25.3 Å². The zero-order valence-corrected chi connectivity index (χ0v) is 22.0. The van der Waals surface area contributed by atoms with Crippen LogP contribution in [0, 0.1) is 0 Å². The molecule has 0 saturated carbocycles. The number of aryl methyl sites for hydroxylation is 1. The number of methoxy groups -OCH3 is 2. The van der Waals surface area contributed by atoms with Gasteiger partial charge in [-0.2, -0.15) is 0 Å². The summed E-state index contributed by atoms with van der Waals surface area (Å²) >= 11 is 2.71. The van der Waals surface area contributed by atoms with Crippen LogP contribution in [0.4, 0.5) is 5.00 Å². The zero-order valence-electron chi connectivity index (χ0n) is 20.4. The summed E-state index contributed by atoms with van der Waals surface area (Å²) in [5, 5.41) is 12.6. The number of carbonyl (C=O) groups is 2. The second-order valence-corrected chi connectivity index (χ2v) is 10.1. The number of allylic oxidation sites excluding steroid dienone is 1. The van der Waals surface area contributed by atoms with E-state index in [1.807, 2.05) is 35.8 Å². The Morgan fingerprint density at radius 3 is 2.67 bits per heavy atom. The van der Waals surface area contributed by atoms with Gasteiger partial charge in [0.05, 0.1) is 25.5 Å². The first-order valence-corrected chi connectivity index (χ1v) is 13.3. The van der Waals surface area contributed by atoms with Gasteiger partial charge in [-0.1, -0.05) is 17.8 Å². The van der Waals surface area contributed by atoms with Crippen LogP contribution in [-0.2, 0) is 28.9 Å². The van der Waals surface area contributed by atoms with E-state index in [0.717, 1.165) is 35.5 Å². The van der Waals surface area contributed by atoms with Gasteiger partial charge in [-0.25, -0.2) is 4.79 Å². The minimum Gasteiger partial charge on any atom is -0.497 e. The number of esters is 1. The predicted octanol–water partition coefficient (Wildman–Crippen LogP) is 4.68. The highest BCUT2D eigenvalue weighted by Gasteiger charge is 2.28. The first kappa shape index (κ1) is 25.8. The van der Waals surface area contributed by atoms with Crippen molar-refractivity contribution in [3.05, 3.63) is 58.7 Å². The van der Waals surface area contributed by atoms with Gasteiger partial charge in [0.15, 0.2) is 17.1 Å². The molecule has 0 fully saturated rings. The topological polar surface area (TPSA) is 105 Å². The molecule has 1 aliphatic carbocycles. The Labute approximate surface area is 217 Å². The van der Waals surface area contributed by atoms with Gasteiger partial charge < -0.3 is 19.5 Å². The molecule has 0 bridgehead atoms. The molecule has 0 aliphatic heterocycles. The number of anilines is 1. The number of thioether (sulfide) groups is 1. The molecule has 0 radical (unpaired) electrons. The largest absolute Gasteiger partial charge is 0.497 e.